The molecule has 2 rings (SSSR count). The molecule has 22 heavy (non-hydrogen) atoms. The molecule has 0 bridgehead atoms. The lowest BCUT2D eigenvalue weighted by Crippen LogP contribution is -2.57. The molecule has 0 saturated carbocycles. The summed E-state index contributed by atoms with van der Waals surface area (Å²) in [7, 11) is 0. The zero-order valence-corrected chi connectivity index (χ0v) is 16.1. The Morgan fingerprint density at radius 3 is 2.05 bits per heavy atom. The van der Waals surface area contributed by atoms with Crippen molar-refractivity contribution in [2.45, 2.75) is 85.7 Å². The van der Waals surface area contributed by atoms with Gasteiger partial charge in [0.15, 0.2) is 0 Å². The third-order valence-electron chi connectivity index (χ3n) is 6.49. The van der Waals surface area contributed by atoms with E-state index in [9.17, 15) is 0 Å². The van der Waals surface area contributed by atoms with Crippen molar-refractivity contribution in [1.82, 2.24) is 9.80 Å². The van der Waals surface area contributed by atoms with Crippen LogP contribution in [0.2, 0.25) is 0 Å². The standard InChI is InChI=1S/C20H40N2/c1-7-19(21-12-9-18(10-13-21)16(2)3)8-11-20(6)14-22(15-20)17(4)5/h16-19H,7-15H2,1-6H3. The van der Waals surface area contributed by atoms with E-state index in [1.807, 2.05) is 0 Å². The van der Waals surface area contributed by atoms with Crippen LogP contribution < -0.4 is 0 Å². The van der Waals surface area contributed by atoms with Crippen LogP contribution in [0.4, 0.5) is 0 Å². The molecule has 0 aliphatic carbocycles. The molecule has 0 radical (unpaired) electrons. The highest BCUT2D eigenvalue weighted by atomic mass is 15.2. The van der Waals surface area contributed by atoms with E-state index in [4.69, 9.17) is 0 Å². The fourth-order valence-electron chi connectivity index (χ4n) is 4.57. The first-order valence-corrected chi connectivity index (χ1v) is 9.82. The lowest BCUT2D eigenvalue weighted by molar-refractivity contribution is -0.0216. The Labute approximate surface area is 139 Å². The first-order chi connectivity index (χ1) is 10.3. The molecule has 2 heteroatoms. The van der Waals surface area contributed by atoms with Crippen LogP contribution in [0.25, 0.3) is 0 Å². The molecule has 2 fully saturated rings. The molecule has 1 unspecified atom stereocenters. The third kappa shape index (κ3) is 4.47. The molecular formula is C20H40N2. The van der Waals surface area contributed by atoms with Crippen molar-refractivity contribution in [3.8, 4) is 0 Å². The predicted molar refractivity (Wildman–Crippen MR) is 97.3 cm³/mol. The summed E-state index contributed by atoms with van der Waals surface area (Å²) in [6.45, 7) is 19.7. The van der Waals surface area contributed by atoms with E-state index >= 15 is 0 Å². The van der Waals surface area contributed by atoms with Crippen LogP contribution in [-0.2, 0) is 0 Å². The minimum absolute atomic E-state index is 0.591. The summed E-state index contributed by atoms with van der Waals surface area (Å²) in [5.41, 5.74) is 0.591. The first kappa shape index (κ1) is 18.3. The lowest BCUT2D eigenvalue weighted by atomic mass is 9.76. The van der Waals surface area contributed by atoms with Gasteiger partial charge in [-0.3, -0.25) is 4.90 Å². The van der Waals surface area contributed by atoms with E-state index in [0.29, 0.717) is 5.41 Å². The maximum absolute atomic E-state index is 2.81. The lowest BCUT2D eigenvalue weighted by Gasteiger charge is -2.51. The molecular weight excluding hydrogens is 268 g/mol. The van der Waals surface area contributed by atoms with Gasteiger partial charge in [0.1, 0.15) is 0 Å². The highest BCUT2D eigenvalue weighted by Gasteiger charge is 2.39. The van der Waals surface area contributed by atoms with Gasteiger partial charge in [0, 0.05) is 25.2 Å². The molecule has 0 spiro atoms. The van der Waals surface area contributed by atoms with Gasteiger partial charge in [-0.25, -0.2) is 0 Å². The molecule has 1 atom stereocenters. The average Bonchev–Trinajstić information content (AvgIpc) is 2.45. The van der Waals surface area contributed by atoms with Crippen LogP contribution in [0, 0.1) is 17.3 Å². The molecule has 2 heterocycles. The van der Waals surface area contributed by atoms with Gasteiger partial charge < -0.3 is 4.90 Å². The molecule has 2 aliphatic heterocycles. The molecule has 0 aromatic rings. The Morgan fingerprint density at radius 1 is 1.00 bits per heavy atom. The quantitative estimate of drug-likeness (QED) is 0.676. The maximum Gasteiger partial charge on any atom is 0.00928 e. The van der Waals surface area contributed by atoms with Gasteiger partial charge in [0.25, 0.3) is 0 Å². The third-order valence-corrected chi connectivity index (χ3v) is 6.49. The highest BCUT2D eigenvalue weighted by Crippen LogP contribution is 2.37. The van der Waals surface area contributed by atoms with Crippen molar-refractivity contribution in [2.24, 2.45) is 17.3 Å². The molecule has 2 saturated heterocycles. The SMILES string of the molecule is CCC(CCC1(C)CN(C(C)C)C1)N1CCC(C(C)C)CC1. The zero-order valence-electron chi connectivity index (χ0n) is 16.1. The van der Waals surface area contributed by atoms with Gasteiger partial charge in [0.2, 0.25) is 0 Å². The van der Waals surface area contributed by atoms with Crippen molar-refractivity contribution in [3.63, 3.8) is 0 Å². The van der Waals surface area contributed by atoms with Gasteiger partial charge in [-0.1, -0.05) is 27.7 Å². The fraction of sp³-hybridized carbons (Fsp3) is 1.00. The second kappa shape index (κ2) is 7.66. The van der Waals surface area contributed by atoms with Crippen molar-refractivity contribution in [2.75, 3.05) is 26.2 Å². The second-order valence-corrected chi connectivity index (χ2v) is 9.03. The second-order valence-electron chi connectivity index (χ2n) is 9.03. The van der Waals surface area contributed by atoms with Gasteiger partial charge in [-0.15, -0.1) is 0 Å². The van der Waals surface area contributed by atoms with E-state index in [2.05, 4.69) is 51.3 Å². The number of piperidine rings is 1. The topological polar surface area (TPSA) is 6.48 Å². The zero-order chi connectivity index (χ0) is 16.3. The van der Waals surface area contributed by atoms with Gasteiger partial charge in [-0.05, 0) is 76.3 Å². The van der Waals surface area contributed by atoms with Crippen molar-refractivity contribution in [3.05, 3.63) is 0 Å². The summed E-state index contributed by atoms with van der Waals surface area (Å²) in [4.78, 5) is 5.43. The molecule has 0 amide bonds. The Bertz CT molecular complexity index is 323. The van der Waals surface area contributed by atoms with E-state index in [0.717, 1.165) is 23.9 Å². The van der Waals surface area contributed by atoms with Crippen LogP contribution in [0.1, 0.15) is 73.6 Å². The monoisotopic (exact) mass is 308 g/mol. The minimum atomic E-state index is 0.591. The average molecular weight is 309 g/mol. The summed E-state index contributed by atoms with van der Waals surface area (Å²) in [6, 6.07) is 1.56. The predicted octanol–water partition coefficient (Wildman–Crippen LogP) is 4.64. The van der Waals surface area contributed by atoms with Crippen molar-refractivity contribution >= 4 is 0 Å². The summed E-state index contributed by atoms with van der Waals surface area (Å²) < 4.78 is 0. The Kier molecular flexibility index (Phi) is 6.36. The van der Waals surface area contributed by atoms with Crippen molar-refractivity contribution in [1.29, 1.82) is 0 Å². The smallest absolute Gasteiger partial charge is 0.00928 e. The summed E-state index contributed by atoms with van der Waals surface area (Å²) in [5.74, 6) is 1.84. The highest BCUT2D eigenvalue weighted by molar-refractivity contribution is 4.93. The number of likely N-dealkylation sites (tertiary alicyclic amines) is 2. The first-order valence-electron chi connectivity index (χ1n) is 9.82. The number of nitrogens with zero attached hydrogens (tertiary/aromatic N) is 2. The largest absolute Gasteiger partial charge is 0.300 e. The summed E-state index contributed by atoms with van der Waals surface area (Å²) >= 11 is 0. The van der Waals surface area contributed by atoms with Crippen molar-refractivity contribution < 1.29 is 0 Å². The number of hydrogen-bond donors (Lipinski definition) is 0. The Balaban J connectivity index is 1.74. The van der Waals surface area contributed by atoms with Crippen LogP contribution in [-0.4, -0.2) is 48.1 Å². The molecule has 130 valence electrons. The number of hydrogen-bond acceptors (Lipinski definition) is 2. The number of rotatable bonds is 7. The Hall–Kier alpha value is -0.0800. The van der Waals surface area contributed by atoms with Crippen LogP contribution >= 0.6 is 0 Å². The molecule has 2 aliphatic rings. The Morgan fingerprint density at radius 2 is 1.59 bits per heavy atom. The molecule has 0 aromatic carbocycles. The van der Waals surface area contributed by atoms with Crippen LogP contribution in [0.3, 0.4) is 0 Å². The minimum Gasteiger partial charge on any atom is -0.300 e. The van der Waals surface area contributed by atoms with E-state index < -0.39 is 0 Å². The molecule has 0 aromatic heterocycles. The summed E-state index contributed by atoms with van der Waals surface area (Å²) in [5, 5.41) is 0. The van der Waals surface area contributed by atoms with E-state index in [1.54, 1.807) is 0 Å². The van der Waals surface area contributed by atoms with E-state index in [-0.39, 0.29) is 0 Å². The van der Waals surface area contributed by atoms with Gasteiger partial charge >= 0.3 is 0 Å². The van der Waals surface area contributed by atoms with Gasteiger partial charge in [0.05, 0.1) is 0 Å². The maximum atomic E-state index is 2.81. The van der Waals surface area contributed by atoms with Gasteiger partial charge in [-0.2, -0.15) is 0 Å². The normalized spacial score (nSPS) is 25.6. The van der Waals surface area contributed by atoms with Crippen LogP contribution in [0.5, 0.6) is 0 Å². The molecule has 0 N–H and O–H groups in total. The van der Waals surface area contributed by atoms with E-state index in [1.165, 1.54) is 58.3 Å². The molecule has 2 nitrogen and oxygen atoms in total. The fourth-order valence-corrected chi connectivity index (χ4v) is 4.57. The summed E-state index contributed by atoms with van der Waals surface area (Å²) in [6.07, 6.45) is 7.00. The van der Waals surface area contributed by atoms with Crippen LogP contribution in [0.15, 0.2) is 0 Å².